The molecule has 2 aromatic rings. The van der Waals surface area contributed by atoms with Crippen molar-refractivity contribution in [3.05, 3.63) is 63.0 Å². The largest absolute Gasteiger partial charge is 0.493 e. The zero-order chi connectivity index (χ0) is 17.8. The number of thioether (sulfide) groups is 1. The van der Waals surface area contributed by atoms with Crippen LogP contribution in [0.4, 0.5) is 0 Å². The van der Waals surface area contributed by atoms with E-state index in [1.807, 2.05) is 42.5 Å². The van der Waals surface area contributed by atoms with Crippen LogP contribution in [0.25, 0.3) is 6.08 Å². The molecule has 1 aliphatic heterocycles. The van der Waals surface area contributed by atoms with Crippen molar-refractivity contribution < 1.29 is 14.3 Å². The SMILES string of the molecule is COc1ccc(C=C2SC(=S)NC2=O)cc1OCc1ccc(Br)cc1. The highest BCUT2D eigenvalue weighted by molar-refractivity contribution is 9.10. The molecule has 0 bridgehead atoms. The molecular weight excluding hydrogens is 422 g/mol. The first-order valence-electron chi connectivity index (χ1n) is 7.35. The lowest BCUT2D eigenvalue weighted by molar-refractivity contribution is -0.115. The number of amides is 1. The number of hydrogen-bond donors (Lipinski definition) is 1. The van der Waals surface area contributed by atoms with E-state index in [4.69, 9.17) is 21.7 Å². The van der Waals surface area contributed by atoms with Gasteiger partial charge in [0.1, 0.15) is 10.9 Å². The van der Waals surface area contributed by atoms with Crippen LogP contribution in [0.5, 0.6) is 11.5 Å². The number of nitrogens with one attached hydrogen (secondary N) is 1. The molecule has 0 spiro atoms. The van der Waals surface area contributed by atoms with E-state index in [9.17, 15) is 4.79 Å². The molecule has 7 heteroatoms. The van der Waals surface area contributed by atoms with Crippen molar-refractivity contribution in [3.8, 4) is 11.5 Å². The lowest BCUT2D eigenvalue weighted by atomic mass is 10.2. The van der Waals surface area contributed by atoms with E-state index >= 15 is 0 Å². The summed E-state index contributed by atoms with van der Waals surface area (Å²) in [4.78, 5) is 12.4. The van der Waals surface area contributed by atoms with Crippen molar-refractivity contribution in [1.29, 1.82) is 0 Å². The second-order valence-electron chi connectivity index (χ2n) is 5.18. The Morgan fingerprint density at radius 3 is 2.60 bits per heavy atom. The molecule has 4 nitrogen and oxygen atoms in total. The predicted molar refractivity (Wildman–Crippen MR) is 108 cm³/mol. The molecule has 1 heterocycles. The smallest absolute Gasteiger partial charge is 0.263 e. The summed E-state index contributed by atoms with van der Waals surface area (Å²) in [5.41, 5.74) is 1.89. The maximum atomic E-state index is 11.8. The van der Waals surface area contributed by atoms with Gasteiger partial charge in [-0.25, -0.2) is 0 Å². The van der Waals surface area contributed by atoms with E-state index in [0.717, 1.165) is 15.6 Å². The zero-order valence-electron chi connectivity index (χ0n) is 13.2. The van der Waals surface area contributed by atoms with Crippen molar-refractivity contribution in [2.75, 3.05) is 7.11 Å². The molecule has 3 rings (SSSR count). The number of benzene rings is 2. The predicted octanol–water partition coefficient (Wildman–Crippen LogP) is 4.53. The average molecular weight is 436 g/mol. The Morgan fingerprint density at radius 2 is 1.96 bits per heavy atom. The Hall–Kier alpha value is -1.83. The van der Waals surface area contributed by atoms with Crippen molar-refractivity contribution in [3.63, 3.8) is 0 Å². The van der Waals surface area contributed by atoms with Gasteiger partial charge in [-0.2, -0.15) is 0 Å². The number of methoxy groups -OCH3 is 1. The average Bonchev–Trinajstić information content (AvgIpc) is 2.92. The monoisotopic (exact) mass is 435 g/mol. The van der Waals surface area contributed by atoms with E-state index < -0.39 is 0 Å². The lowest BCUT2D eigenvalue weighted by Crippen LogP contribution is -2.17. The Balaban J connectivity index is 1.80. The molecular formula is C18H14BrNO3S2. The van der Waals surface area contributed by atoms with Crippen molar-refractivity contribution >= 4 is 56.2 Å². The first kappa shape index (κ1) is 18.0. The van der Waals surface area contributed by atoms with Crippen molar-refractivity contribution in [1.82, 2.24) is 5.32 Å². The van der Waals surface area contributed by atoms with Gasteiger partial charge in [0, 0.05) is 4.47 Å². The van der Waals surface area contributed by atoms with E-state index in [0.29, 0.717) is 27.3 Å². The summed E-state index contributed by atoms with van der Waals surface area (Å²) in [5, 5.41) is 2.60. The first-order valence-corrected chi connectivity index (χ1v) is 9.37. The normalized spacial score (nSPS) is 15.4. The number of rotatable bonds is 5. The highest BCUT2D eigenvalue weighted by atomic mass is 79.9. The van der Waals surface area contributed by atoms with Gasteiger partial charge >= 0.3 is 0 Å². The fourth-order valence-electron chi connectivity index (χ4n) is 2.21. The standard InChI is InChI=1S/C18H14BrNO3S2/c1-22-14-7-4-12(9-16-17(21)20-18(24)25-16)8-15(14)23-10-11-2-5-13(19)6-3-11/h2-9H,10H2,1H3,(H,20,21,24). The number of ether oxygens (including phenoxy) is 2. The van der Waals surface area contributed by atoms with Crippen molar-refractivity contribution in [2.24, 2.45) is 0 Å². The van der Waals surface area contributed by atoms with Crippen LogP contribution in [0.15, 0.2) is 51.8 Å². The van der Waals surface area contributed by atoms with Gasteiger partial charge in [-0.1, -0.05) is 58.1 Å². The number of carbonyl (C=O) groups excluding carboxylic acids is 1. The molecule has 2 aromatic carbocycles. The van der Waals surface area contributed by atoms with Crippen LogP contribution in [-0.4, -0.2) is 17.3 Å². The molecule has 128 valence electrons. The molecule has 25 heavy (non-hydrogen) atoms. The van der Waals surface area contributed by atoms with Gasteiger partial charge in [0.05, 0.1) is 12.0 Å². The highest BCUT2D eigenvalue weighted by Crippen LogP contribution is 2.32. The van der Waals surface area contributed by atoms with Crippen LogP contribution in [0, 0.1) is 0 Å². The third-order valence-electron chi connectivity index (χ3n) is 3.44. The summed E-state index contributed by atoms with van der Waals surface area (Å²) in [7, 11) is 1.60. The van der Waals surface area contributed by atoms with Gasteiger partial charge < -0.3 is 14.8 Å². The molecule has 0 radical (unpaired) electrons. The van der Waals surface area contributed by atoms with E-state index in [2.05, 4.69) is 21.2 Å². The van der Waals surface area contributed by atoms with Crippen LogP contribution >= 0.6 is 39.9 Å². The van der Waals surface area contributed by atoms with Crippen LogP contribution < -0.4 is 14.8 Å². The number of halogens is 1. The molecule has 1 fully saturated rings. The molecule has 1 amide bonds. The summed E-state index contributed by atoms with van der Waals surface area (Å²) in [5.74, 6) is 1.08. The zero-order valence-corrected chi connectivity index (χ0v) is 16.5. The van der Waals surface area contributed by atoms with Gasteiger partial charge in [-0.15, -0.1) is 0 Å². The minimum Gasteiger partial charge on any atom is -0.493 e. The molecule has 0 aliphatic carbocycles. The minimum absolute atomic E-state index is 0.178. The van der Waals surface area contributed by atoms with Gasteiger partial charge in [0.25, 0.3) is 5.91 Å². The summed E-state index contributed by atoms with van der Waals surface area (Å²) in [6, 6.07) is 13.4. The van der Waals surface area contributed by atoms with Gasteiger partial charge in [-0.05, 0) is 41.5 Å². The number of hydrogen-bond acceptors (Lipinski definition) is 5. The summed E-state index contributed by atoms with van der Waals surface area (Å²) < 4.78 is 12.8. The maximum Gasteiger partial charge on any atom is 0.263 e. The van der Waals surface area contributed by atoms with E-state index in [1.165, 1.54) is 11.8 Å². The fourth-order valence-corrected chi connectivity index (χ4v) is 3.52. The van der Waals surface area contributed by atoms with E-state index in [1.54, 1.807) is 13.2 Å². The summed E-state index contributed by atoms with van der Waals surface area (Å²) in [6.45, 7) is 0.420. The summed E-state index contributed by atoms with van der Waals surface area (Å²) in [6.07, 6.45) is 1.78. The highest BCUT2D eigenvalue weighted by Gasteiger charge is 2.22. The van der Waals surface area contributed by atoms with Crippen molar-refractivity contribution in [2.45, 2.75) is 6.61 Å². The third-order valence-corrected chi connectivity index (χ3v) is 5.13. The Morgan fingerprint density at radius 1 is 1.20 bits per heavy atom. The minimum atomic E-state index is -0.178. The van der Waals surface area contributed by atoms with E-state index in [-0.39, 0.29) is 5.91 Å². The van der Waals surface area contributed by atoms with Gasteiger partial charge in [0.15, 0.2) is 11.5 Å². The van der Waals surface area contributed by atoms with Crippen LogP contribution in [0.2, 0.25) is 0 Å². The maximum absolute atomic E-state index is 11.8. The van der Waals surface area contributed by atoms with Gasteiger partial charge in [0.2, 0.25) is 0 Å². The Bertz CT molecular complexity index is 850. The van der Waals surface area contributed by atoms with Crippen LogP contribution in [-0.2, 0) is 11.4 Å². The topological polar surface area (TPSA) is 47.6 Å². The molecule has 1 saturated heterocycles. The molecule has 1 aliphatic rings. The van der Waals surface area contributed by atoms with Crippen LogP contribution in [0.3, 0.4) is 0 Å². The number of carbonyl (C=O) groups is 1. The van der Waals surface area contributed by atoms with Crippen LogP contribution in [0.1, 0.15) is 11.1 Å². The fraction of sp³-hybridized carbons (Fsp3) is 0.111. The second kappa shape index (κ2) is 8.03. The number of thiocarbonyl (C=S) groups is 1. The molecule has 0 saturated carbocycles. The second-order valence-corrected chi connectivity index (χ2v) is 7.81. The molecule has 1 N–H and O–H groups in total. The molecule has 0 aromatic heterocycles. The van der Waals surface area contributed by atoms with Gasteiger partial charge in [-0.3, -0.25) is 4.79 Å². The molecule has 0 atom stereocenters. The Labute approximate surface area is 163 Å². The quantitative estimate of drug-likeness (QED) is 0.552. The molecule has 0 unspecified atom stereocenters. The third kappa shape index (κ3) is 4.62. The lowest BCUT2D eigenvalue weighted by Gasteiger charge is -2.12. The summed E-state index contributed by atoms with van der Waals surface area (Å²) >= 11 is 9.67. The first-order chi connectivity index (χ1) is 12.0. The Kier molecular flexibility index (Phi) is 5.78.